The van der Waals surface area contributed by atoms with Gasteiger partial charge in [-0.05, 0) is 74.8 Å². The van der Waals surface area contributed by atoms with Crippen LogP contribution in [0.1, 0.15) is 62.6 Å². The number of nitrogens with zero attached hydrogens (tertiary/aromatic N) is 3. The van der Waals surface area contributed by atoms with Crippen molar-refractivity contribution in [3.63, 3.8) is 0 Å². The number of alkyl halides is 3. The molecule has 186 valence electrons. The predicted octanol–water partition coefficient (Wildman–Crippen LogP) is 6.63. The first-order chi connectivity index (χ1) is 16.7. The van der Waals surface area contributed by atoms with Gasteiger partial charge in [0.05, 0.1) is 23.6 Å². The molecule has 35 heavy (non-hydrogen) atoms. The van der Waals surface area contributed by atoms with Crippen molar-refractivity contribution in [1.82, 2.24) is 14.5 Å². The third kappa shape index (κ3) is 5.95. The van der Waals surface area contributed by atoms with Crippen LogP contribution in [0.5, 0.6) is 0 Å². The van der Waals surface area contributed by atoms with Crippen molar-refractivity contribution >= 4 is 34.2 Å². The molecule has 0 aliphatic heterocycles. The standard InChI is InChI=1S/C25H26ClF3N4O2/c26-18-4-7-21-16(10-18)3-8-23(31-21)32-24(34)9-15-1-5-19(6-2-15)33-13-22(30-14-33)17-11-20(12-17)35-25(27,28)29/h3-4,7-8,10,13-15,17,19-20H,1-2,5-6,9,11-12H2,(H,31,32,34). The lowest BCUT2D eigenvalue weighted by molar-refractivity contribution is -0.351. The normalized spacial score (nSPS) is 24.8. The van der Waals surface area contributed by atoms with E-state index >= 15 is 0 Å². The van der Waals surface area contributed by atoms with Gasteiger partial charge < -0.3 is 9.88 Å². The van der Waals surface area contributed by atoms with Crippen molar-refractivity contribution in [2.75, 3.05) is 5.32 Å². The van der Waals surface area contributed by atoms with E-state index < -0.39 is 12.5 Å². The number of benzene rings is 1. The summed E-state index contributed by atoms with van der Waals surface area (Å²) in [6, 6.07) is 9.41. The van der Waals surface area contributed by atoms with Crippen LogP contribution in [0.2, 0.25) is 5.02 Å². The molecule has 10 heteroatoms. The van der Waals surface area contributed by atoms with Gasteiger partial charge in [0.25, 0.3) is 0 Å². The molecule has 2 heterocycles. The number of hydrogen-bond donors (Lipinski definition) is 1. The molecule has 2 aliphatic rings. The first-order valence-electron chi connectivity index (χ1n) is 11.9. The summed E-state index contributed by atoms with van der Waals surface area (Å²) in [5.74, 6) is 0.813. The Morgan fingerprint density at radius 1 is 1.14 bits per heavy atom. The second-order valence-corrected chi connectivity index (χ2v) is 10.00. The van der Waals surface area contributed by atoms with Gasteiger partial charge >= 0.3 is 6.36 Å². The van der Waals surface area contributed by atoms with E-state index in [1.165, 1.54) is 0 Å². The highest BCUT2D eigenvalue weighted by Gasteiger charge is 2.41. The Morgan fingerprint density at radius 3 is 2.66 bits per heavy atom. The first-order valence-corrected chi connectivity index (χ1v) is 12.2. The molecule has 0 unspecified atom stereocenters. The van der Waals surface area contributed by atoms with Gasteiger partial charge in [0, 0.05) is 35.0 Å². The first kappa shape index (κ1) is 24.1. The number of amides is 1. The van der Waals surface area contributed by atoms with Gasteiger partial charge in [-0.1, -0.05) is 11.6 Å². The molecule has 1 amide bonds. The fourth-order valence-corrected chi connectivity index (χ4v) is 5.31. The number of hydrogen-bond acceptors (Lipinski definition) is 4. The van der Waals surface area contributed by atoms with Crippen LogP contribution in [0.15, 0.2) is 42.9 Å². The number of anilines is 1. The smallest absolute Gasteiger partial charge is 0.334 e. The van der Waals surface area contributed by atoms with Crippen molar-refractivity contribution in [2.24, 2.45) is 5.92 Å². The van der Waals surface area contributed by atoms with Crippen LogP contribution in [0.4, 0.5) is 19.0 Å². The maximum Gasteiger partial charge on any atom is 0.522 e. The zero-order valence-electron chi connectivity index (χ0n) is 19.0. The summed E-state index contributed by atoms with van der Waals surface area (Å²) in [4.78, 5) is 21.5. The van der Waals surface area contributed by atoms with Gasteiger partial charge in [0.15, 0.2) is 0 Å². The van der Waals surface area contributed by atoms with Crippen LogP contribution in [0.3, 0.4) is 0 Å². The van der Waals surface area contributed by atoms with Gasteiger partial charge in [-0.15, -0.1) is 13.2 Å². The number of rotatable bonds is 6. The summed E-state index contributed by atoms with van der Waals surface area (Å²) in [6.07, 6.45) is 3.27. The number of aromatic nitrogens is 3. The number of carbonyl (C=O) groups excluding carboxylic acids is 1. The molecule has 0 spiro atoms. The minimum Gasteiger partial charge on any atom is -0.334 e. The third-order valence-electron chi connectivity index (χ3n) is 7.07. The van der Waals surface area contributed by atoms with E-state index in [-0.39, 0.29) is 11.8 Å². The summed E-state index contributed by atoms with van der Waals surface area (Å²) < 4.78 is 43.1. The molecule has 0 saturated heterocycles. The van der Waals surface area contributed by atoms with Gasteiger partial charge in [0.1, 0.15) is 5.82 Å². The van der Waals surface area contributed by atoms with Gasteiger partial charge in [-0.3, -0.25) is 9.53 Å². The Kier molecular flexibility index (Phi) is 6.72. The van der Waals surface area contributed by atoms with Gasteiger partial charge in [-0.2, -0.15) is 0 Å². The molecule has 3 aromatic rings. The molecule has 0 bridgehead atoms. The van der Waals surface area contributed by atoms with Crippen LogP contribution in [-0.2, 0) is 9.53 Å². The van der Waals surface area contributed by atoms with E-state index in [9.17, 15) is 18.0 Å². The fraction of sp³-hybridized carbons (Fsp3) is 0.480. The highest BCUT2D eigenvalue weighted by molar-refractivity contribution is 6.31. The largest absolute Gasteiger partial charge is 0.522 e. The number of halogens is 4. The monoisotopic (exact) mass is 506 g/mol. The Labute approximate surface area is 205 Å². The number of imidazole rings is 1. The lowest BCUT2D eigenvalue weighted by atomic mass is 9.80. The molecule has 6 nitrogen and oxygen atoms in total. The van der Waals surface area contributed by atoms with E-state index in [1.54, 1.807) is 18.5 Å². The number of ether oxygens (including phenoxy) is 1. The maximum atomic E-state index is 12.6. The molecule has 2 fully saturated rings. The molecule has 1 aromatic carbocycles. The summed E-state index contributed by atoms with van der Waals surface area (Å²) in [5.41, 5.74) is 1.61. The molecule has 0 radical (unpaired) electrons. The molecule has 2 aliphatic carbocycles. The second-order valence-electron chi connectivity index (χ2n) is 9.56. The summed E-state index contributed by atoms with van der Waals surface area (Å²) >= 11 is 6.01. The Balaban J connectivity index is 1.08. The summed E-state index contributed by atoms with van der Waals surface area (Å²) in [7, 11) is 0. The van der Waals surface area contributed by atoms with Crippen molar-refractivity contribution in [2.45, 2.75) is 69.4 Å². The van der Waals surface area contributed by atoms with Crippen molar-refractivity contribution in [1.29, 1.82) is 0 Å². The minimum absolute atomic E-state index is 0.0179. The molecule has 2 saturated carbocycles. The van der Waals surface area contributed by atoms with E-state index in [1.807, 2.05) is 24.4 Å². The highest BCUT2D eigenvalue weighted by atomic mass is 35.5. The molecular weight excluding hydrogens is 481 g/mol. The van der Waals surface area contributed by atoms with Crippen LogP contribution in [0.25, 0.3) is 10.9 Å². The van der Waals surface area contributed by atoms with Crippen molar-refractivity contribution < 1.29 is 22.7 Å². The van der Waals surface area contributed by atoms with E-state index in [0.29, 0.717) is 42.1 Å². The van der Waals surface area contributed by atoms with E-state index in [0.717, 1.165) is 42.3 Å². The average molecular weight is 507 g/mol. The van der Waals surface area contributed by atoms with E-state index in [2.05, 4.69) is 24.6 Å². The number of fused-ring (bicyclic) bond motifs is 1. The third-order valence-corrected chi connectivity index (χ3v) is 7.30. The maximum absolute atomic E-state index is 12.6. The van der Waals surface area contributed by atoms with Crippen molar-refractivity contribution in [3.8, 4) is 0 Å². The second kappa shape index (κ2) is 9.78. The lowest BCUT2D eigenvalue weighted by Crippen LogP contribution is -2.34. The molecule has 0 atom stereocenters. The Bertz CT molecular complexity index is 1200. The SMILES string of the molecule is O=C(CC1CCC(n2cnc(C3CC(OC(F)(F)F)C3)c2)CC1)Nc1ccc2cc(Cl)ccc2n1. The molecule has 2 aromatic heterocycles. The van der Waals surface area contributed by atoms with Crippen molar-refractivity contribution in [3.05, 3.63) is 53.6 Å². The van der Waals surface area contributed by atoms with Crippen LogP contribution in [0, 0.1) is 5.92 Å². The Morgan fingerprint density at radius 2 is 1.91 bits per heavy atom. The summed E-state index contributed by atoms with van der Waals surface area (Å²) in [6.45, 7) is 0. The number of nitrogens with one attached hydrogen (secondary N) is 1. The fourth-order valence-electron chi connectivity index (χ4n) is 5.12. The number of pyridine rings is 1. The number of carbonyl (C=O) groups is 1. The van der Waals surface area contributed by atoms with Gasteiger partial charge in [0.2, 0.25) is 5.91 Å². The zero-order valence-corrected chi connectivity index (χ0v) is 19.7. The molecule has 1 N–H and O–H groups in total. The highest BCUT2D eigenvalue weighted by Crippen LogP contribution is 2.41. The van der Waals surface area contributed by atoms with Crippen LogP contribution >= 0.6 is 11.6 Å². The average Bonchev–Trinajstić information content (AvgIpc) is 3.25. The zero-order chi connectivity index (χ0) is 24.6. The lowest BCUT2D eigenvalue weighted by Gasteiger charge is -2.34. The molecular formula is C25H26ClF3N4O2. The quantitative estimate of drug-likeness (QED) is 0.407. The summed E-state index contributed by atoms with van der Waals surface area (Å²) in [5, 5.41) is 4.47. The minimum atomic E-state index is -4.58. The topological polar surface area (TPSA) is 69.0 Å². The van der Waals surface area contributed by atoms with Gasteiger partial charge in [-0.25, -0.2) is 9.97 Å². The van der Waals surface area contributed by atoms with Crippen LogP contribution in [-0.4, -0.2) is 32.9 Å². The van der Waals surface area contributed by atoms with E-state index in [4.69, 9.17) is 11.6 Å². The van der Waals surface area contributed by atoms with Crippen LogP contribution < -0.4 is 5.32 Å². The predicted molar refractivity (Wildman–Crippen MR) is 126 cm³/mol. The molecule has 5 rings (SSSR count). The Hall–Kier alpha value is -2.65.